The van der Waals surface area contributed by atoms with E-state index in [4.69, 9.17) is 11.2 Å². The van der Waals surface area contributed by atoms with Gasteiger partial charge in [-0.2, -0.15) is 0 Å². The average molecular weight is 201 g/mol. The molecule has 0 bridgehead atoms. The highest BCUT2D eigenvalue weighted by Crippen LogP contribution is 2.24. The zero-order valence-corrected chi connectivity index (χ0v) is 8.78. The van der Waals surface area contributed by atoms with E-state index in [0.717, 1.165) is 18.8 Å². The van der Waals surface area contributed by atoms with Crippen LogP contribution in [0.1, 0.15) is 12.8 Å². The highest BCUT2D eigenvalue weighted by Gasteiger charge is 2.12. The van der Waals surface area contributed by atoms with Crippen LogP contribution < -0.4 is 9.64 Å². The van der Waals surface area contributed by atoms with Crippen LogP contribution in [0.2, 0.25) is 0 Å². The Morgan fingerprint density at radius 1 is 1.33 bits per heavy atom. The van der Waals surface area contributed by atoms with E-state index in [1.54, 1.807) is 0 Å². The Labute approximate surface area is 90.9 Å². The first-order chi connectivity index (χ1) is 7.40. The van der Waals surface area contributed by atoms with Crippen molar-refractivity contribution in [1.29, 1.82) is 0 Å². The number of hydrogen-bond donors (Lipinski definition) is 0. The van der Waals surface area contributed by atoms with E-state index in [-0.39, 0.29) is 0 Å². The third kappa shape index (κ3) is 2.44. The Hall–Kier alpha value is -1.62. The maximum Gasteiger partial charge on any atom is 0.148 e. The Morgan fingerprint density at radius 2 is 2.13 bits per heavy atom. The van der Waals surface area contributed by atoms with Gasteiger partial charge in [-0.25, -0.2) is 0 Å². The van der Waals surface area contributed by atoms with E-state index in [0.29, 0.717) is 6.61 Å². The molecule has 15 heavy (non-hydrogen) atoms. The molecule has 0 N–H and O–H groups in total. The van der Waals surface area contributed by atoms with Gasteiger partial charge in [-0.15, -0.1) is 6.42 Å². The van der Waals surface area contributed by atoms with E-state index in [9.17, 15) is 0 Å². The summed E-state index contributed by atoms with van der Waals surface area (Å²) in [5, 5.41) is 0. The molecule has 0 atom stereocenters. The second-order valence-electron chi connectivity index (χ2n) is 3.68. The van der Waals surface area contributed by atoms with Crippen LogP contribution in [0.15, 0.2) is 24.3 Å². The van der Waals surface area contributed by atoms with Gasteiger partial charge in [0.25, 0.3) is 0 Å². The van der Waals surface area contributed by atoms with E-state index in [1.165, 1.54) is 18.5 Å². The smallest absolute Gasteiger partial charge is 0.148 e. The summed E-state index contributed by atoms with van der Waals surface area (Å²) in [4.78, 5) is 2.38. The maximum absolute atomic E-state index is 5.39. The van der Waals surface area contributed by atoms with Crippen LogP contribution in [-0.2, 0) is 0 Å². The summed E-state index contributed by atoms with van der Waals surface area (Å²) >= 11 is 0. The SMILES string of the molecule is C#CCOc1cccc(N2CCCC2)c1. The normalized spacial score (nSPS) is 15.0. The first kappa shape index (κ1) is 9.92. The molecular formula is C13H15NO. The third-order valence-electron chi connectivity index (χ3n) is 2.61. The summed E-state index contributed by atoms with van der Waals surface area (Å²) in [5.41, 5.74) is 1.24. The minimum Gasteiger partial charge on any atom is -0.481 e. The van der Waals surface area contributed by atoms with Crippen LogP contribution >= 0.6 is 0 Å². The number of rotatable bonds is 3. The highest BCUT2D eigenvalue weighted by molar-refractivity contribution is 5.51. The zero-order valence-electron chi connectivity index (χ0n) is 8.78. The van der Waals surface area contributed by atoms with Crippen LogP contribution in [0.25, 0.3) is 0 Å². The summed E-state index contributed by atoms with van der Waals surface area (Å²) in [7, 11) is 0. The van der Waals surface area contributed by atoms with Gasteiger partial charge in [0.1, 0.15) is 12.4 Å². The van der Waals surface area contributed by atoms with Gasteiger partial charge < -0.3 is 9.64 Å². The first-order valence-electron chi connectivity index (χ1n) is 5.31. The van der Waals surface area contributed by atoms with E-state index in [1.807, 2.05) is 12.1 Å². The molecule has 1 aromatic carbocycles. The van der Waals surface area contributed by atoms with Gasteiger partial charge in [0, 0.05) is 24.8 Å². The summed E-state index contributed by atoms with van der Waals surface area (Å²) in [6.07, 6.45) is 7.73. The molecule has 1 aromatic rings. The first-order valence-corrected chi connectivity index (χ1v) is 5.31. The molecule has 0 aromatic heterocycles. The lowest BCUT2D eigenvalue weighted by atomic mass is 10.3. The molecule has 0 spiro atoms. The van der Waals surface area contributed by atoms with Crippen molar-refractivity contribution in [2.24, 2.45) is 0 Å². The second-order valence-corrected chi connectivity index (χ2v) is 3.68. The average Bonchev–Trinajstić information content (AvgIpc) is 2.80. The molecule has 2 nitrogen and oxygen atoms in total. The monoisotopic (exact) mass is 201 g/mol. The Kier molecular flexibility index (Phi) is 3.14. The molecule has 0 aliphatic carbocycles. The molecule has 78 valence electrons. The van der Waals surface area contributed by atoms with Gasteiger partial charge in [-0.05, 0) is 25.0 Å². The van der Waals surface area contributed by atoms with Gasteiger partial charge >= 0.3 is 0 Å². The van der Waals surface area contributed by atoms with Crippen LogP contribution in [0.4, 0.5) is 5.69 Å². The lowest BCUT2D eigenvalue weighted by Gasteiger charge is -2.18. The van der Waals surface area contributed by atoms with Crippen molar-refractivity contribution in [3.8, 4) is 18.1 Å². The largest absolute Gasteiger partial charge is 0.481 e. The molecular weight excluding hydrogens is 186 g/mol. The predicted octanol–water partition coefficient (Wildman–Crippen LogP) is 2.30. The van der Waals surface area contributed by atoms with E-state index in [2.05, 4.69) is 23.0 Å². The fourth-order valence-electron chi connectivity index (χ4n) is 1.87. The number of benzene rings is 1. The fraction of sp³-hybridized carbons (Fsp3) is 0.385. The molecule has 1 aliphatic rings. The van der Waals surface area contributed by atoms with Crippen molar-refractivity contribution < 1.29 is 4.74 Å². The molecule has 2 rings (SSSR count). The van der Waals surface area contributed by atoms with Gasteiger partial charge in [0.2, 0.25) is 0 Å². The third-order valence-corrected chi connectivity index (χ3v) is 2.61. The van der Waals surface area contributed by atoms with Crippen LogP contribution in [0, 0.1) is 12.3 Å². The molecule has 1 fully saturated rings. The van der Waals surface area contributed by atoms with Gasteiger partial charge in [-0.3, -0.25) is 0 Å². The molecule has 2 heteroatoms. The van der Waals surface area contributed by atoms with Gasteiger partial charge in [0.05, 0.1) is 0 Å². The molecule has 0 radical (unpaired) electrons. The van der Waals surface area contributed by atoms with Crippen molar-refractivity contribution in [2.75, 3.05) is 24.6 Å². The summed E-state index contributed by atoms with van der Waals surface area (Å²) in [6.45, 7) is 2.64. The summed E-state index contributed by atoms with van der Waals surface area (Å²) < 4.78 is 5.39. The van der Waals surface area contributed by atoms with Crippen LogP contribution in [-0.4, -0.2) is 19.7 Å². The number of nitrogens with zero attached hydrogens (tertiary/aromatic N) is 1. The fourth-order valence-corrected chi connectivity index (χ4v) is 1.87. The highest BCUT2D eigenvalue weighted by atomic mass is 16.5. The molecule has 1 saturated heterocycles. The predicted molar refractivity (Wildman–Crippen MR) is 62.2 cm³/mol. The van der Waals surface area contributed by atoms with Crippen LogP contribution in [0.5, 0.6) is 5.75 Å². The minimum atomic E-state index is 0.337. The van der Waals surface area contributed by atoms with Gasteiger partial charge in [-0.1, -0.05) is 12.0 Å². The minimum absolute atomic E-state index is 0.337. The molecule has 1 aliphatic heterocycles. The molecule has 1 heterocycles. The molecule has 0 amide bonds. The lowest BCUT2D eigenvalue weighted by Crippen LogP contribution is -2.17. The Balaban J connectivity index is 2.08. The number of anilines is 1. The molecule has 0 saturated carbocycles. The van der Waals surface area contributed by atoms with Crippen LogP contribution in [0.3, 0.4) is 0 Å². The topological polar surface area (TPSA) is 12.5 Å². The standard InChI is InChI=1S/C13H15NO/c1-2-10-15-13-7-5-6-12(11-13)14-8-3-4-9-14/h1,5-7,11H,3-4,8-10H2. The van der Waals surface area contributed by atoms with E-state index < -0.39 is 0 Å². The van der Waals surface area contributed by atoms with Crippen molar-refractivity contribution >= 4 is 5.69 Å². The zero-order chi connectivity index (χ0) is 10.5. The van der Waals surface area contributed by atoms with Crippen molar-refractivity contribution in [1.82, 2.24) is 0 Å². The maximum atomic E-state index is 5.39. The Bertz CT molecular complexity index is 361. The number of ether oxygens (including phenoxy) is 1. The van der Waals surface area contributed by atoms with Gasteiger partial charge in [0.15, 0.2) is 0 Å². The van der Waals surface area contributed by atoms with Crippen molar-refractivity contribution in [3.63, 3.8) is 0 Å². The van der Waals surface area contributed by atoms with Crippen molar-refractivity contribution in [3.05, 3.63) is 24.3 Å². The molecule has 0 unspecified atom stereocenters. The number of terminal acetylenes is 1. The quantitative estimate of drug-likeness (QED) is 0.696. The lowest BCUT2D eigenvalue weighted by molar-refractivity contribution is 0.370. The number of hydrogen-bond acceptors (Lipinski definition) is 2. The Morgan fingerprint density at radius 3 is 2.87 bits per heavy atom. The second kappa shape index (κ2) is 4.75. The van der Waals surface area contributed by atoms with Crippen molar-refractivity contribution in [2.45, 2.75) is 12.8 Å². The van der Waals surface area contributed by atoms with E-state index >= 15 is 0 Å². The summed E-state index contributed by atoms with van der Waals surface area (Å²) in [6, 6.07) is 8.13. The summed E-state index contributed by atoms with van der Waals surface area (Å²) in [5.74, 6) is 3.33.